The summed E-state index contributed by atoms with van der Waals surface area (Å²) in [7, 11) is 0. The summed E-state index contributed by atoms with van der Waals surface area (Å²) < 4.78 is 20.2. The van der Waals surface area contributed by atoms with Gasteiger partial charge >= 0.3 is 11.1 Å². The summed E-state index contributed by atoms with van der Waals surface area (Å²) in [5.41, 5.74) is 0.476. The minimum Gasteiger partial charge on any atom is -0.442 e. The predicted octanol–water partition coefficient (Wildman–Crippen LogP) is 2.97. The van der Waals surface area contributed by atoms with Gasteiger partial charge in [0.25, 0.3) is 5.91 Å². The summed E-state index contributed by atoms with van der Waals surface area (Å²) in [5, 5.41) is 15.6. The number of ether oxygens (including phenoxy) is 1. The normalized spacial score (nSPS) is 15.0. The number of amides is 3. The summed E-state index contributed by atoms with van der Waals surface area (Å²) in [4.78, 5) is 55.1. The molecule has 1 aliphatic rings. The van der Waals surface area contributed by atoms with Crippen LogP contribution < -0.4 is 15.5 Å². The first-order valence-electron chi connectivity index (χ1n) is 10.1. The molecule has 0 aliphatic carbocycles. The first-order valence-corrected chi connectivity index (χ1v) is 10.9. The number of carbonyl (C=O) groups is 3. The number of anilines is 2. The van der Waals surface area contributed by atoms with Crippen LogP contribution in [0.2, 0.25) is 0 Å². The van der Waals surface area contributed by atoms with Crippen LogP contribution in [0.25, 0.3) is 11.3 Å². The van der Waals surface area contributed by atoms with Crippen LogP contribution in [0, 0.1) is 15.9 Å². The fourth-order valence-corrected chi connectivity index (χ4v) is 3.88. The maximum Gasteiger partial charge on any atom is 0.414 e. The second-order valence-corrected chi connectivity index (χ2v) is 8.35. The Balaban J connectivity index is 1.49. The first-order chi connectivity index (χ1) is 16.7. The molecule has 0 bridgehead atoms. The zero-order valence-electron chi connectivity index (χ0n) is 18.1. The van der Waals surface area contributed by atoms with E-state index >= 15 is 0 Å². The minimum absolute atomic E-state index is 0.0266. The third-order valence-electron chi connectivity index (χ3n) is 4.87. The van der Waals surface area contributed by atoms with E-state index in [0.717, 1.165) is 12.3 Å². The number of thiazole rings is 1. The number of nitrogens with zero attached hydrogens (tertiary/aromatic N) is 4. The summed E-state index contributed by atoms with van der Waals surface area (Å²) in [6.07, 6.45) is -0.198. The SMILES string of the molecule is CC(=O)NC[C@H]1CN(c2ccc(-c3cccc(C(=O)Nc4ncc([N+](=O)[O-])s4)n3)c(F)c2)C(=O)O1. The first kappa shape index (κ1) is 23.7. The van der Waals surface area contributed by atoms with E-state index < -0.39 is 28.8 Å². The van der Waals surface area contributed by atoms with Crippen molar-refractivity contribution in [2.24, 2.45) is 0 Å². The molecule has 1 saturated heterocycles. The molecule has 0 saturated carbocycles. The Morgan fingerprint density at radius 3 is 2.83 bits per heavy atom. The molecule has 3 heterocycles. The molecule has 1 atom stereocenters. The lowest BCUT2D eigenvalue weighted by molar-refractivity contribution is -0.380. The van der Waals surface area contributed by atoms with Crippen molar-refractivity contribution in [1.82, 2.24) is 15.3 Å². The van der Waals surface area contributed by atoms with E-state index in [0.29, 0.717) is 11.3 Å². The Morgan fingerprint density at radius 2 is 2.14 bits per heavy atom. The molecule has 0 unspecified atom stereocenters. The number of benzene rings is 1. The summed E-state index contributed by atoms with van der Waals surface area (Å²) in [6.45, 7) is 1.63. The van der Waals surface area contributed by atoms with Gasteiger partial charge in [-0.25, -0.2) is 19.2 Å². The lowest BCUT2D eigenvalue weighted by Crippen LogP contribution is -2.33. The van der Waals surface area contributed by atoms with Crippen molar-refractivity contribution in [3.8, 4) is 11.3 Å². The lowest BCUT2D eigenvalue weighted by atomic mass is 10.1. The largest absolute Gasteiger partial charge is 0.442 e. The van der Waals surface area contributed by atoms with Gasteiger partial charge in [-0.15, -0.1) is 0 Å². The quantitative estimate of drug-likeness (QED) is 0.370. The molecule has 0 spiro atoms. The molecule has 35 heavy (non-hydrogen) atoms. The second-order valence-electron chi connectivity index (χ2n) is 7.34. The number of carbonyl (C=O) groups excluding carboxylic acids is 3. The average molecular weight is 500 g/mol. The van der Waals surface area contributed by atoms with Crippen LogP contribution in [-0.2, 0) is 9.53 Å². The molecule has 12 nitrogen and oxygen atoms in total. The van der Waals surface area contributed by atoms with Gasteiger partial charge in [-0.1, -0.05) is 6.07 Å². The molecule has 1 aliphatic heterocycles. The van der Waals surface area contributed by atoms with E-state index in [1.807, 2.05) is 0 Å². The van der Waals surface area contributed by atoms with Crippen molar-refractivity contribution in [2.75, 3.05) is 23.3 Å². The van der Waals surface area contributed by atoms with Crippen molar-refractivity contribution in [3.05, 3.63) is 64.2 Å². The minimum atomic E-state index is -0.679. The maximum absolute atomic E-state index is 15.0. The Morgan fingerprint density at radius 1 is 1.34 bits per heavy atom. The Bertz CT molecular complexity index is 1330. The smallest absolute Gasteiger partial charge is 0.414 e. The van der Waals surface area contributed by atoms with E-state index in [4.69, 9.17) is 4.74 Å². The number of halogens is 1. The zero-order valence-corrected chi connectivity index (χ0v) is 18.9. The highest BCUT2D eigenvalue weighted by Gasteiger charge is 2.32. The van der Waals surface area contributed by atoms with Crippen LogP contribution in [-0.4, -0.2) is 52.0 Å². The van der Waals surface area contributed by atoms with Gasteiger partial charge in [0.15, 0.2) is 5.13 Å². The highest BCUT2D eigenvalue weighted by atomic mass is 32.1. The van der Waals surface area contributed by atoms with Crippen molar-refractivity contribution < 1.29 is 28.4 Å². The zero-order chi connectivity index (χ0) is 25.1. The van der Waals surface area contributed by atoms with Gasteiger partial charge in [0, 0.05) is 12.5 Å². The molecule has 2 N–H and O–H groups in total. The van der Waals surface area contributed by atoms with E-state index in [1.165, 1.54) is 42.2 Å². The molecule has 1 fully saturated rings. The number of rotatable bonds is 7. The fraction of sp³-hybridized carbons (Fsp3) is 0.190. The summed E-state index contributed by atoms with van der Waals surface area (Å²) >= 11 is 0.692. The molecule has 2 aromatic heterocycles. The van der Waals surface area contributed by atoms with Crippen LogP contribution in [0.5, 0.6) is 0 Å². The highest BCUT2D eigenvalue weighted by molar-refractivity contribution is 7.18. The lowest BCUT2D eigenvalue weighted by Gasteiger charge is -2.14. The van der Waals surface area contributed by atoms with Gasteiger partial charge in [-0.3, -0.25) is 29.9 Å². The maximum atomic E-state index is 15.0. The average Bonchev–Trinajstić information content (AvgIpc) is 3.44. The highest BCUT2D eigenvalue weighted by Crippen LogP contribution is 2.29. The van der Waals surface area contributed by atoms with Crippen molar-refractivity contribution in [1.29, 1.82) is 0 Å². The van der Waals surface area contributed by atoms with Gasteiger partial charge < -0.3 is 10.1 Å². The molecular weight excluding hydrogens is 483 g/mol. The number of pyridine rings is 1. The van der Waals surface area contributed by atoms with Crippen LogP contribution in [0.4, 0.5) is 25.0 Å². The van der Waals surface area contributed by atoms with Crippen molar-refractivity contribution in [3.63, 3.8) is 0 Å². The third kappa shape index (κ3) is 5.38. The number of nitrogens with one attached hydrogen (secondary N) is 2. The van der Waals surface area contributed by atoms with E-state index in [1.54, 1.807) is 0 Å². The molecule has 3 aromatic rings. The van der Waals surface area contributed by atoms with Gasteiger partial charge in [-0.05, 0) is 41.7 Å². The van der Waals surface area contributed by atoms with E-state index in [9.17, 15) is 28.9 Å². The molecule has 3 amide bonds. The predicted molar refractivity (Wildman–Crippen MR) is 123 cm³/mol. The summed E-state index contributed by atoms with van der Waals surface area (Å²) in [5.74, 6) is -1.61. The van der Waals surface area contributed by atoms with Crippen molar-refractivity contribution >= 4 is 45.1 Å². The Kier molecular flexibility index (Phi) is 6.64. The van der Waals surface area contributed by atoms with Crippen molar-refractivity contribution in [2.45, 2.75) is 13.0 Å². The van der Waals surface area contributed by atoms with Gasteiger partial charge in [0.1, 0.15) is 23.8 Å². The van der Waals surface area contributed by atoms with Crippen LogP contribution >= 0.6 is 11.3 Å². The number of hydrogen-bond acceptors (Lipinski definition) is 9. The fourth-order valence-electron chi connectivity index (χ4n) is 3.26. The molecular formula is C21H17FN6O6S. The number of aromatic nitrogens is 2. The van der Waals surface area contributed by atoms with Crippen LogP contribution in [0.1, 0.15) is 17.4 Å². The number of cyclic esters (lactones) is 1. The van der Waals surface area contributed by atoms with Gasteiger partial charge in [0.2, 0.25) is 5.91 Å². The second kappa shape index (κ2) is 9.80. The number of nitro groups is 1. The van der Waals surface area contributed by atoms with E-state index in [-0.39, 0.29) is 51.8 Å². The van der Waals surface area contributed by atoms with Gasteiger partial charge in [0.05, 0.1) is 29.4 Å². The number of hydrogen-bond donors (Lipinski definition) is 2. The standard InChI is InChI=1S/C21H17FN6O6S/c1-11(29)23-8-13-10-27(21(31)34-13)12-5-6-14(15(22)7-12)16-3-2-4-17(25-16)19(30)26-20-24-9-18(35-20)28(32)33/h2-7,9,13H,8,10H2,1H3,(H,23,29)(H,24,26,30)/t13-/m0/s1. The Hall–Kier alpha value is -4.46. The Labute approximate surface area is 200 Å². The summed E-state index contributed by atoms with van der Waals surface area (Å²) in [6, 6.07) is 8.52. The van der Waals surface area contributed by atoms with Crippen LogP contribution in [0.15, 0.2) is 42.6 Å². The molecule has 0 radical (unpaired) electrons. The molecule has 180 valence electrons. The topological polar surface area (TPSA) is 157 Å². The van der Waals surface area contributed by atoms with E-state index in [2.05, 4.69) is 20.6 Å². The van der Waals surface area contributed by atoms with Gasteiger partial charge in [-0.2, -0.15) is 0 Å². The van der Waals surface area contributed by atoms with Crippen LogP contribution in [0.3, 0.4) is 0 Å². The molecule has 4 rings (SSSR count). The molecule has 1 aromatic carbocycles. The molecule has 14 heteroatoms. The third-order valence-corrected chi connectivity index (χ3v) is 5.73. The monoisotopic (exact) mass is 500 g/mol.